The molecule has 3 heterocycles. The van der Waals surface area contributed by atoms with Crippen molar-refractivity contribution in [3.05, 3.63) is 46.9 Å². The van der Waals surface area contributed by atoms with Crippen LogP contribution in [0.3, 0.4) is 0 Å². The molecule has 7 nitrogen and oxygen atoms in total. The predicted octanol–water partition coefficient (Wildman–Crippen LogP) is 4.02. The first-order chi connectivity index (χ1) is 14.7. The van der Waals surface area contributed by atoms with Crippen LogP contribution in [0.4, 0.5) is 5.82 Å². The summed E-state index contributed by atoms with van der Waals surface area (Å²) in [7, 11) is 1.67. The van der Waals surface area contributed by atoms with Crippen molar-refractivity contribution in [3.63, 3.8) is 0 Å². The molecule has 2 unspecified atom stereocenters. The molecule has 0 spiro atoms. The number of aromatic nitrogens is 3. The van der Waals surface area contributed by atoms with Crippen molar-refractivity contribution in [2.45, 2.75) is 59.5 Å². The van der Waals surface area contributed by atoms with E-state index in [-0.39, 0.29) is 12.0 Å². The van der Waals surface area contributed by atoms with Gasteiger partial charge in [-0.15, -0.1) is 0 Å². The van der Waals surface area contributed by atoms with Gasteiger partial charge in [0, 0.05) is 24.6 Å². The number of hydrogen-bond acceptors (Lipinski definition) is 6. The highest BCUT2D eigenvalue weighted by atomic mass is 16.7. The number of benzene rings is 1. The fourth-order valence-electron chi connectivity index (χ4n) is 4.26. The Hall–Kier alpha value is -2.64. The Kier molecular flexibility index (Phi) is 5.66. The van der Waals surface area contributed by atoms with Crippen molar-refractivity contribution >= 4 is 16.9 Å². The van der Waals surface area contributed by atoms with Crippen LogP contribution in [0.5, 0.6) is 5.75 Å². The predicted molar refractivity (Wildman–Crippen MR) is 121 cm³/mol. The van der Waals surface area contributed by atoms with Gasteiger partial charge in [-0.3, -0.25) is 0 Å². The second-order valence-corrected chi connectivity index (χ2v) is 8.86. The second kappa shape index (κ2) is 8.13. The van der Waals surface area contributed by atoms with Crippen LogP contribution in [-0.2, 0) is 22.4 Å². The molecule has 3 aromatic rings. The summed E-state index contributed by atoms with van der Waals surface area (Å²) in [6.07, 6.45) is 0.751. The molecule has 0 bridgehead atoms. The number of imidazole rings is 1. The van der Waals surface area contributed by atoms with Crippen molar-refractivity contribution in [2.75, 3.05) is 19.5 Å². The summed E-state index contributed by atoms with van der Waals surface area (Å²) < 4.78 is 19.6. The molecule has 31 heavy (non-hydrogen) atoms. The Balaban J connectivity index is 1.76. The van der Waals surface area contributed by atoms with E-state index < -0.39 is 5.79 Å². The van der Waals surface area contributed by atoms with Crippen molar-refractivity contribution in [1.29, 1.82) is 0 Å². The Labute approximate surface area is 183 Å². The molecule has 2 N–H and O–H groups in total. The van der Waals surface area contributed by atoms with Crippen molar-refractivity contribution in [2.24, 2.45) is 5.92 Å². The van der Waals surface area contributed by atoms with Crippen LogP contribution in [0.25, 0.3) is 11.0 Å². The molecule has 0 aliphatic carbocycles. The van der Waals surface area contributed by atoms with Gasteiger partial charge >= 0.3 is 0 Å². The molecule has 0 saturated carbocycles. The van der Waals surface area contributed by atoms with Gasteiger partial charge in [-0.2, -0.15) is 0 Å². The van der Waals surface area contributed by atoms with Crippen molar-refractivity contribution in [1.82, 2.24) is 14.5 Å². The lowest BCUT2D eigenvalue weighted by molar-refractivity contribution is -0.290. The highest BCUT2D eigenvalue weighted by molar-refractivity contribution is 5.88. The SMILES string of the molecule is COc1ccc(Cc2nc3c(N)nc(C)c(C)c3n2CC2COC(C)(C)OC2C)cc1. The van der Waals surface area contributed by atoms with Gasteiger partial charge in [-0.05, 0) is 57.9 Å². The first-order valence-electron chi connectivity index (χ1n) is 10.7. The Bertz CT molecular complexity index is 1090. The molecule has 2 aromatic heterocycles. The zero-order valence-electron chi connectivity index (χ0n) is 19.2. The van der Waals surface area contributed by atoms with Crippen LogP contribution in [0, 0.1) is 19.8 Å². The van der Waals surface area contributed by atoms with Gasteiger partial charge < -0.3 is 24.5 Å². The number of aryl methyl sites for hydroxylation is 2. The fourth-order valence-corrected chi connectivity index (χ4v) is 4.26. The van der Waals surface area contributed by atoms with Gasteiger partial charge in [0.25, 0.3) is 0 Å². The van der Waals surface area contributed by atoms with E-state index in [1.54, 1.807) is 7.11 Å². The molecule has 166 valence electrons. The van der Waals surface area contributed by atoms with Gasteiger partial charge in [0.15, 0.2) is 11.6 Å². The fraction of sp³-hybridized carbons (Fsp3) is 0.500. The lowest BCUT2D eigenvalue weighted by atomic mass is 10.0. The van der Waals surface area contributed by atoms with E-state index >= 15 is 0 Å². The van der Waals surface area contributed by atoms with Crippen LogP contribution in [0.2, 0.25) is 0 Å². The largest absolute Gasteiger partial charge is 0.497 e. The van der Waals surface area contributed by atoms with Crippen molar-refractivity contribution < 1.29 is 14.2 Å². The number of ether oxygens (including phenoxy) is 3. The van der Waals surface area contributed by atoms with Crippen LogP contribution in [-0.4, -0.2) is 40.1 Å². The maximum absolute atomic E-state index is 6.28. The Morgan fingerprint density at radius 1 is 1.19 bits per heavy atom. The number of anilines is 1. The molecular formula is C24H32N4O3. The van der Waals surface area contributed by atoms with E-state index in [1.807, 2.05) is 32.9 Å². The van der Waals surface area contributed by atoms with E-state index in [0.717, 1.165) is 46.0 Å². The molecule has 0 amide bonds. The average Bonchev–Trinajstić information content (AvgIpc) is 3.07. The van der Waals surface area contributed by atoms with Crippen LogP contribution in [0.15, 0.2) is 24.3 Å². The number of methoxy groups -OCH3 is 1. The molecule has 7 heteroatoms. The first kappa shape index (κ1) is 21.6. The van der Waals surface area contributed by atoms with Gasteiger partial charge in [0.1, 0.15) is 17.1 Å². The maximum atomic E-state index is 6.28. The summed E-state index contributed by atoms with van der Waals surface area (Å²) >= 11 is 0. The van der Waals surface area contributed by atoms with Gasteiger partial charge in [0.05, 0.1) is 25.3 Å². The molecular weight excluding hydrogens is 392 g/mol. The lowest BCUT2D eigenvalue weighted by Gasteiger charge is -2.40. The molecule has 1 aromatic carbocycles. The molecule has 1 saturated heterocycles. The minimum absolute atomic E-state index is 0.0654. The number of fused-ring (bicyclic) bond motifs is 1. The average molecular weight is 425 g/mol. The van der Waals surface area contributed by atoms with Crippen LogP contribution in [0.1, 0.15) is 43.4 Å². The van der Waals surface area contributed by atoms with E-state index in [1.165, 1.54) is 0 Å². The first-order valence-corrected chi connectivity index (χ1v) is 10.7. The zero-order valence-corrected chi connectivity index (χ0v) is 19.2. The van der Waals surface area contributed by atoms with Gasteiger partial charge in [0.2, 0.25) is 0 Å². The molecule has 1 fully saturated rings. The van der Waals surface area contributed by atoms with Crippen LogP contribution >= 0.6 is 0 Å². The summed E-state index contributed by atoms with van der Waals surface area (Å²) in [5, 5.41) is 0. The number of nitrogens with two attached hydrogens (primary N) is 1. The van der Waals surface area contributed by atoms with E-state index in [2.05, 4.69) is 35.5 Å². The smallest absolute Gasteiger partial charge is 0.163 e. The lowest BCUT2D eigenvalue weighted by Crippen LogP contribution is -2.45. The summed E-state index contributed by atoms with van der Waals surface area (Å²) in [6.45, 7) is 11.5. The number of nitrogens with zero attached hydrogens (tertiary/aromatic N) is 3. The summed E-state index contributed by atoms with van der Waals surface area (Å²) in [5.41, 5.74) is 11.3. The summed E-state index contributed by atoms with van der Waals surface area (Å²) in [6, 6.07) is 8.08. The molecule has 4 rings (SSSR count). The third kappa shape index (κ3) is 4.25. The number of rotatable bonds is 5. The highest BCUT2D eigenvalue weighted by Gasteiger charge is 2.35. The number of hydrogen-bond donors (Lipinski definition) is 1. The Morgan fingerprint density at radius 3 is 2.55 bits per heavy atom. The van der Waals surface area contributed by atoms with E-state index in [0.29, 0.717) is 18.8 Å². The van der Waals surface area contributed by atoms with E-state index in [9.17, 15) is 0 Å². The molecule has 0 radical (unpaired) electrons. The summed E-state index contributed by atoms with van der Waals surface area (Å²) in [4.78, 5) is 9.44. The second-order valence-electron chi connectivity index (χ2n) is 8.86. The number of pyridine rings is 1. The van der Waals surface area contributed by atoms with Gasteiger partial charge in [-0.1, -0.05) is 12.1 Å². The molecule has 1 aliphatic heterocycles. The monoisotopic (exact) mass is 424 g/mol. The minimum atomic E-state index is -0.556. The number of nitrogen functional groups attached to an aromatic ring is 1. The Morgan fingerprint density at radius 2 is 1.90 bits per heavy atom. The standard InChI is InChI=1S/C24H32N4O3/c1-14-15(2)26-23(25)21-22(14)28(12-18-13-30-24(4,5)31-16(18)3)20(27-21)11-17-7-9-19(29-6)10-8-17/h7-10,16,18H,11-13H2,1-6H3,(H2,25,26). The van der Waals surface area contributed by atoms with Gasteiger partial charge in [-0.25, -0.2) is 9.97 Å². The maximum Gasteiger partial charge on any atom is 0.163 e. The van der Waals surface area contributed by atoms with Crippen molar-refractivity contribution in [3.8, 4) is 5.75 Å². The quantitative estimate of drug-likeness (QED) is 0.666. The molecule has 1 aliphatic rings. The van der Waals surface area contributed by atoms with Crippen LogP contribution < -0.4 is 10.5 Å². The third-order valence-corrected chi connectivity index (χ3v) is 6.19. The zero-order chi connectivity index (χ0) is 22.3. The minimum Gasteiger partial charge on any atom is -0.497 e. The highest BCUT2D eigenvalue weighted by Crippen LogP contribution is 2.32. The third-order valence-electron chi connectivity index (χ3n) is 6.19. The summed E-state index contributed by atoms with van der Waals surface area (Å²) in [5.74, 6) is 1.91. The molecule has 2 atom stereocenters. The topological polar surface area (TPSA) is 84.4 Å². The normalized spacial score (nSPS) is 20.8. The van der Waals surface area contributed by atoms with E-state index in [4.69, 9.17) is 24.9 Å².